The van der Waals surface area contributed by atoms with Crippen molar-refractivity contribution >= 4 is 5.91 Å². The van der Waals surface area contributed by atoms with E-state index in [0.717, 1.165) is 6.07 Å². The fourth-order valence-electron chi connectivity index (χ4n) is 3.70. The van der Waals surface area contributed by atoms with Gasteiger partial charge >= 0.3 is 12.4 Å². The number of aromatic amines is 1. The lowest BCUT2D eigenvalue weighted by atomic mass is 10.0. The highest BCUT2D eigenvalue weighted by Crippen LogP contribution is 2.40. The van der Waals surface area contributed by atoms with Crippen LogP contribution in [0.4, 0.5) is 26.3 Å². The molecule has 2 aliphatic heterocycles. The normalized spacial score (nSPS) is 18.7. The van der Waals surface area contributed by atoms with Crippen molar-refractivity contribution in [2.24, 2.45) is 0 Å². The summed E-state index contributed by atoms with van der Waals surface area (Å²) >= 11 is 0. The summed E-state index contributed by atoms with van der Waals surface area (Å²) in [6.45, 7) is 0. The van der Waals surface area contributed by atoms with Crippen LogP contribution in [0.1, 0.15) is 29.0 Å². The van der Waals surface area contributed by atoms with E-state index in [1.54, 1.807) is 6.08 Å². The van der Waals surface area contributed by atoms with Crippen LogP contribution in [-0.2, 0) is 11.0 Å². The monoisotopic (exact) mass is 467 g/mol. The first-order valence-electron chi connectivity index (χ1n) is 9.71. The van der Waals surface area contributed by atoms with Gasteiger partial charge in [0.25, 0.3) is 5.91 Å². The van der Waals surface area contributed by atoms with Gasteiger partial charge in [0.2, 0.25) is 11.7 Å². The van der Waals surface area contributed by atoms with Gasteiger partial charge in [-0.1, -0.05) is 30.3 Å². The Morgan fingerprint density at radius 1 is 1.03 bits per heavy atom. The highest BCUT2D eigenvalue weighted by molar-refractivity contribution is 5.95. The number of rotatable bonds is 4. The van der Waals surface area contributed by atoms with Gasteiger partial charge in [-0.05, 0) is 18.2 Å². The van der Waals surface area contributed by atoms with Crippen LogP contribution in [0.2, 0.25) is 0 Å². The third kappa shape index (κ3) is 4.43. The molecule has 0 saturated heterocycles. The molecule has 4 rings (SSSR count). The van der Waals surface area contributed by atoms with Gasteiger partial charge in [-0.3, -0.25) is 4.79 Å². The molecule has 11 heteroatoms. The Bertz CT molecular complexity index is 1140. The number of H-pyrrole nitrogens is 1. The second-order valence-electron chi connectivity index (χ2n) is 7.27. The highest BCUT2D eigenvalue weighted by Gasteiger charge is 2.47. The molecule has 5 nitrogen and oxygen atoms in total. The number of fused-ring (bicyclic) bond motifs is 1. The summed E-state index contributed by atoms with van der Waals surface area (Å²) in [7, 11) is 0. The maximum absolute atomic E-state index is 13.7. The average molecular weight is 467 g/mol. The van der Waals surface area contributed by atoms with E-state index in [2.05, 4.69) is 10.3 Å². The minimum absolute atomic E-state index is 0.148. The number of nitrogens with zero attached hydrogens (tertiary/aromatic N) is 1. The molecular weight excluding hydrogens is 450 g/mol. The predicted octanol–water partition coefficient (Wildman–Crippen LogP) is 4.14. The molecule has 33 heavy (non-hydrogen) atoms. The zero-order valence-corrected chi connectivity index (χ0v) is 16.7. The lowest BCUT2D eigenvalue weighted by Gasteiger charge is -2.28. The topological polar surface area (TPSA) is 58.5 Å². The van der Waals surface area contributed by atoms with Gasteiger partial charge in [0.15, 0.2) is 6.20 Å². The molecule has 2 atom stereocenters. The molecule has 1 aromatic heterocycles. The van der Waals surface area contributed by atoms with Gasteiger partial charge in [-0.2, -0.15) is 26.3 Å². The minimum atomic E-state index is -4.82. The minimum Gasteiger partial charge on any atom is -0.355 e. The Kier molecular flexibility index (Phi) is 5.64. The van der Waals surface area contributed by atoms with Crippen LogP contribution < -0.4 is 15.6 Å². The maximum Gasteiger partial charge on any atom is 0.418 e. The number of pyridine rings is 1. The molecule has 172 valence electrons. The van der Waals surface area contributed by atoms with Crippen molar-refractivity contribution in [1.29, 1.82) is 0 Å². The molecule has 1 aromatic carbocycles. The number of carbonyl (C=O) groups excluding carboxylic acids is 1. The van der Waals surface area contributed by atoms with Crippen LogP contribution in [0.5, 0.6) is 0 Å². The quantitative estimate of drug-likeness (QED) is 0.665. The Balaban J connectivity index is 1.68. The molecule has 2 unspecified atom stereocenters. The van der Waals surface area contributed by atoms with Crippen LogP contribution in [0.25, 0.3) is 0 Å². The zero-order valence-electron chi connectivity index (χ0n) is 16.7. The average Bonchev–Trinajstić information content (AvgIpc) is 3.16. The van der Waals surface area contributed by atoms with E-state index in [1.165, 1.54) is 65.8 Å². The van der Waals surface area contributed by atoms with E-state index in [9.17, 15) is 31.1 Å². The van der Waals surface area contributed by atoms with Crippen LogP contribution in [0.15, 0.2) is 84.5 Å². The van der Waals surface area contributed by atoms with Gasteiger partial charge in [0.1, 0.15) is 11.9 Å². The van der Waals surface area contributed by atoms with Gasteiger partial charge < -0.3 is 15.5 Å². The zero-order chi connectivity index (χ0) is 23.8. The van der Waals surface area contributed by atoms with E-state index < -0.39 is 36.0 Å². The van der Waals surface area contributed by atoms with Gasteiger partial charge in [-0.25, -0.2) is 4.98 Å². The molecule has 0 saturated carbocycles. The fraction of sp³-hybridized carbons (Fsp3) is 0.182. The third-order valence-corrected chi connectivity index (χ3v) is 5.14. The predicted molar refractivity (Wildman–Crippen MR) is 104 cm³/mol. The van der Waals surface area contributed by atoms with Gasteiger partial charge in [0.05, 0.1) is 11.3 Å². The molecule has 0 spiro atoms. The number of nitrogens with one attached hydrogen (secondary N) is 3. The van der Waals surface area contributed by atoms with Crippen molar-refractivity contribution in [3.8, 4) is 0 Å². The number of halogens is 6. The Labute approximate surface area is 184 Å². The SMILES string of the molecule is O=C(NC(c1cccc[nH+]1)C(F)(F)F)C1=C2C=CC=CN2C(c2ccccc2C(F)(F)F)N1. The summed E-state index contributed by atoms with van der Waals surface area (Å²) in [5.41, 5.74) is -1.51. The summed E-state index contributed by atoms with van der Waals surface area (Å²) in [6.07, 6.45) is -3.37. The molecule has 2 aromatic rings. The molecule has 0 fully saturated rings. The number of hydrogen-bond acceptors (Lipinski definition) is 3. The lowest BCUT2D eigenvalue weighted by Crippen LogP contribution is -2.43. The third-order valence-electron chi connectivity index (χ3n) is 5.14. The van der Waals surface area contributed by atoms with E-state index in [1.807, 2.05) is 5.32 Å². The molecular formula is C22H17F6N4O+. The number of aromatic nitrogens is 1. The van der Waals surface area contributed by atoms with Crippen molar-refractivity contribution < 1.29 is 36.1 Å². The van der Waals surface area contributed by atoms with E-state index in [0.29, 0.717) is 0 Å². The summed E-state index contributed by atoms with van der Waals surface area (Å²) in [6, 6.07) is 6.51. The number of hydrogen-bond donors (Lipinski definition) is 2. The highest BCUT2D eigenvalue weighted by atomic mass is 19.4. The van der Waals surface area contributed by atoms with Crippen molar-refractivity contribution in [3.63, 3.8) is 0 Å². The first-order chi connectivity index (χ1) is 15.6. The van der Waals surface area contributed by atoms with Crippen molar-refractivity contribution in [1.82, 2.24) is 15.5 Å². The number of alkyl halides is 6. The molecule has 0 radical (unpaired) electrons. The summed E-state index contributed by atoms with van der Waals surface area (Å²) in [5, 5.41) is 4.63. The first kappa shape index (κ1) is 22.4. The van der Waals surface area contributed by atoms with Crippen LogP contribution >= 0.6 is 0 Å². The molecule has 0 aliphatic carbocycles. The summed E-state index contributed by atoms with van der Waals surface area (Å²) in [5.74, 6) is -1.11. The smallest absolute Gasteiger partial charge is 0.355 e. The second-order valence-corrected chi connectivity index (χ2v) is 7.27. The van der Waals surface area contributed by atoms with Crippen LogP contribution in [0, 0.1) is 0 Å². The van der Waals surface area contributed by atoms with Crippen LogP contribution in [-0.4, -0.2) is 17.0 Å². The van der Waals surface area contributed by atoms with Gasteiger partial charge in [0, 0.05) is 23.9 Å². The van der Waals surface area contributed by atoms with E-state index in [-0.39, 0.29) is 22.7 Å². The van der Waals surface area contributed by atoms with Crippen molar-refractivity contribution in [2.75, 3.05) is 0 Å². The second kappa shape index (κ2) is 8.30. The van der Waals surface area contributed by atoms with Crippen molar-refractivity contribution in [3.05, 3.63) is 101 Å². The largest absolute Gasteiger partial charge is 0.418 e. The number of benzene rings is 1. The molecule has 2 aliphatic rings. The molecule has 3 heterocycles. The Morgan fingerprint density at radius 2 is 1.76 bits per heavy atom. The van der Waals surface area contributed by atoms with Crippen LogP contribution in [0.3, 0.4) is 0 Å². The summed E-state index contributed by atoms with van der Waals surface area (Å²) < 4.78 is 81.8. The lowest BCUT2D eigenvalue weighted by molar-refractivity contribution is -0.401. The maximum atomic E-state index is 13.7. The fourth-order valence-corrected chi connectivity index (χ4v) is 3.70. The number of allylic oxidation sites excluding steroid dienone is 3. The first-order valence-corrected chi connectivity index (χ1v) is 9.71. The standard InChI is InChI=1S/C22H16F6N4O/c23-21(24,25)14-8-2-1-7-13(14)19-30-17(16-10-4-6-12-32(16)19)20(33)31-18(22(26,27)28)15-9-3-5-11-29-15/h1-12,18-19,30H,(H,31,33)/p+1. The molecule has 1 amide bonds. The Hall–Kier alpha value is -3.76. The molecule has 0 bridgehead atoms. The van der Waals surface area contributed by atoms with E-state index in [4.69, 9.17) is 0 Å². The van der Waals surface area contributed by atoms with E-state index >= 15 is 0 Å². The van der Waals surface area contributed by atoms with Crippen molar-refractivity contribution in [2.45, 2.75) is 24.6 Å². The molecule has 3 N–H and O–H groups in total. The number of amides is 1. The Morgan fingerprint density at radius 3 is 2.42 bits per heavy atom. The number of carbonyl (C=O) groups is 1. The van der Waals surface area contributed by atoms with Gasteiger partial charge in [-0.15, -0.1) is 0 Å². The summed E-state index contributed by atoms with van der Waals surface area (Å²) in [4.78, 5) is 16.8.